The van der Waals surface area contributed by atoms with Gasteiger partial charge >= 0.3 is 0 Å². The van der Waals surface area contributed by atoms with Gasteiger partial charge in [-0.25, -0.2) is 0 Å². The molecule has 1 atom stereocenters. The van der Waals surface area contributed by atoms with Gasteiger partial charge in [0.2, 0.25) is 0 Å². The smallest absolute Gasteiger partial charge is 0.0193 e. The van der Waals surface area contributed by atoms with E-state index in [-0.39, 0.29) is 0 Å². The topological polar surface area (TPSA) is 12.0 Å². The van der Waals surface area contributed by atoms with Gasteiger partial charge < -0.3 is 5.32 Å². The van der Waals surface area contributed by atoms with E-state index >= 15 is 0 Å². The molecule has 0 bridgehead atoms. The molecule has 1 aromatic carbocycles. The van der Waals surface area contributed by atoms with Crippen LogP contribution in [0.25, 0.3) is 0 Å². The third-order valence-corrected chi connectivity index (χ3v) is 3.73. The zero-order chi connectivity index (χ0) is 11.1. The summed E-state index contributed by atoms with van der Waals surface area (Å²) >= 11 is 1.91. The van der Waals surface area contributed by atoms with Crippen LogP contribution in [0.2, 0.25) is 0 Å². The Balaban J connectivity index is 2.48. The van der Waals surface area contributed by atoms with Crippen LogP contribution in [0.3, 0.4) is 0 Å². The first-order valence-corrected chi connectivity index (χ1v) is 6.23. The minimum Gasteiger partial charge on any atom is -0.316 e. The van der Waals surface area contributed by atoms with Crippen LogP contribution in [0.4, 0.5) is 0 Å². The van der Waals surface area contributed by atoms with Gasteiger partial charge in [-0.3, -0.25) is 0 Å². The molecule has 0 aromatic heterocycles. The summed E-state index contributed by atoms with van der Waals surface area (Å²) in [6, 6.07) is 9.04. The van der Waals surface area contributed by atoms with E-state index in [9.17, 15) is 0 Å². The molecular weight excluding hydrogens is 202 g/mol. The maximum Gasteiger partial charge on any atom is 0.0193 e. The molecule has 82 valence electrons. The number of hydrogen-bond donors (Lipinski definition) is 1. The molecule has 0 aliphatic rings. The predicted molar refractivity (Wildman–Crippen MR) is 69.6 cm³/mol. The highest BCUT2D eigenvalue weighted by atomic mass is 32.2. The molecule has 2 heteroatoms. The lowest BCUT2D eigenvalue weighted by Gasteiger charge is -2.14. The molecule has 1 unspecified atom stereocenters. The van der Waals surface area contributed by atoms with Crippen molar-refractivity contribution < 1.29 is 0 Å². The van der Waals surface area contributed by atoms with E-state index < -0.39 is 0 Å². The molecule has 0 fully saturated rings. The molecule has 0 heterocycles. The van der Waals surface area contributed by atoms with Crippen molar-refractivity contribution in [1.29, 1.82) is 0 Å². The monoisotopic (exact) mass is 221 g/mol. The first-order chi connectivity index (χ1) is 7.27. The average Bonchev–Trinajstić information content (AvgIpc) is 2.26. The SMILES string of the molecule is C=CCC(CSc1ccccc1C)NC. The van der Waals surface area contributed by atoms with Crippen molar-refractivity contribution in [2.75, 3.05) is 12.8 Å². The zero-order valence-corrected chi connectivity index (χ0v) is 10.3. The van der Waals surface area contributed by atoms with E-state index in [4.69, 9.17) is 0 Å². The lowest BCUT2D eigenvalue weighted by Crippen LogP contribution is -2.26. The van der Waals surface area contributed by atoms with Crippen molar-refractivity contribution in [2.45, 2.75) is 24.3 Å². The lowest BCUT2D eigenvalue weighted by molar-refractivity contribution is 0.629. The summed E-state index contributed by atoms with van der Waals surface area (Å²) in [6.45, 7) is 5.93. The number of benzene rings is 1. The molecule has 0 saturated carbocycles. The third-order valence-electron chi connectivity index (χ3n) is 2.39. The van der Waals surface area contributed by atoms with Crippen molar-refractivity contribution in [1.82, 2.24) is 5.32 Å². The molecule has 0 saturated heterocycles. The van der Waals surface area contributed by atoms with Gasteiger partial charge in [0.05, 0.1) is 0 Å². The van der Waals surface area contributed by atoms with Gasteiger partial charge in [-0.05, 0) is 32.0 Å². The molecule has 1 aromatic rings. The summed E-state index contributed by atoms with van der Waals surface area (Å²) in [6.07, 6.45) is 2.99. The standard InChI is InChI=1S/C13H19NS/c1-4-7-12(14-3)10-15-13-9-6-5-8-11(13)2/h4-6,8-9,12,14H,1,7,10H2,2-3H3. The van der Waals surface area contributed by atoms with Gasteiger partial charge in [0, 0.05) is 16.7 Å². The molecule has 0 aliphatic heterocycles. The zero-order valence-electron chi connectivity index (χ0n) is 9.49. The Hall–Kier alpha value is -0.730. The van der Waals surface area contributed by atoms with Crippen molar-refractivity contribution in [3.8, 4) is 0 Å². The number of hydrogen-bond acceptors (Lipinski definition) is 2. The fourth-order valence-corrected chi connectivity index (χ4v) is 2.53. The Morgan fingerprint density at radius 1 is 1.47 bits per heavy atom. The average molecular weight is 221 g/mol. The van der Waals surface area contributed by atoms with E-state index in [1.54, 1.807) is 0 Å². The van der Waals surface area contributed by atoms with Gasteiger partial charge in [-0.2, -0.15) is 0 Å². The molecule has 15 heavy (non-hydrogen) atoms. The lowest BCUT2D eigenvalue weighted by atomic mass is 10.2. The van der Waals surface area contributed by atoms with Crippen LogP contribution in [0.1, 0.15) is 12.0 Å². The van der Waals surface area contributed by atoms with E-state index in [1.165, 1.54) is 10.5 Å². The minimum absolute atomic E-state index is 0.520. The summed E-state index contributed by atoms with van der Waals surface area (Å²) in [5, 5.41) is 3.30. The number of thioether (sulfide) groups is 1. The van der Waals surface area contributed by atoms with Crippen LogP contribution in [-0.2, 0) is 0 Å². The highest BCUT2D eigenvalue weighted by Crippen LogP contribution is 2.22. The second-order valence-electron chi connectivity index (χ2n) is 3.59. The van der Waals surface area contributed by atoms with E-state index in [1.807, 2.05) is 24.9 Å². The molecule has 1 N–H and O–H groups in total. The van der Waals surface area contributed by atoms with Crippen molar-refractivity contribution in [3.63, 3.8) is 0 Å². The summed E-state index contributed by atoms with van der Waals surface area (Å²) in [7, 11) is 2.01. The molecule has 1 rings (SSSR count). The Kier molecular flexibility index (Phi) is 5.51. The van der Waals surface area contributed by atoms with Gasteiger partial charge in [0.15, 0.2) is 0 Å². The van der Waals surface area contributed by atoms with Crippen molar-refractivity contribution >= 4 is 11.8 Å². The van der Waals surface area contributed by atoms with E-state index in [2.05, 4.69) is 43.1 Å². The molecule has 0 aliphatic carbocycles. The first-order valence-electron chi connectivity index (χ1n) is 5.24. The molecule has 0 amide bonds. The third kappa shape index (κ3) is 4.10. The van der Waals surface area contributed by atoms with Crippen LogP contribution in [0.5, 0.6) is 0 Å². The van der Waals surface area contributed by atoms with E-state index in [0.717, 1.165) is 12.2 Å². The van der Waals surface area contributed by atoms with Crippen molar-refractivity contribution in [2.24, 2.45) is 0 Å². The van der Waals surface area contributed by atoms with Gasteiger partial charge in [0.1, 0.15) is 0 Å². The summed E-state index contributed by atoms with van der Waals surface area (Å²) < 4.78 is 0. The van der Waals surface area contributed by atoms with E-state index in [0.29, 0.717) is 6.04 Å². The largest absolute Gasteiger partial charge is 0.316 e. The highest BCUT2D eigenvalue weighted by Gasteiger charge is 2.05. The summed E-state index contributed by atoms with van der Waals surface area (Å²) in [4.78, 5) is 1.38. The fourth-order valence-electron chi connectivity index (χ4n) is 1.38. The second-order valence-corrected chi connectivity index (χ2v) is 4.65. The number of aryl methyl sites for hydroxylation is 1. The summed E-state index contributed by atoms with van der Waals surface area (Å²) in [5.41, 5.74) is 1.36. The minimum atomic E-state index is 0.520. The molecule has 1 nitrogen and oxygen atoms in total. The Labute approximate surface area is 97.0 Å². The molecular formula is C13H19NS. The Bertz CT molecular complexity index is 309. The van der Waals surface area contributed by atoms with Crippen LogP contribution in [0, 0.1) is 6.92 Å². The Morgan fingerprint density at radius 3 is 2.80 bits per heavy atom. The second kappa shape index (κ2) is 6.70. The molecule has 0 spiro atoms. The van der Waals surface area contributed by atoms with Gasteiger partial charge in [0.25, 0.3) is 0 Å². The van der Waals surface area contributed by atoms with Crippen molar-refractivity contribution in [3.05, 3.63) is 42.5 Å². The normalized spacial score (nSPS) is 12.4. The van der Waals surface area contributed by atoms with Crippen LogP contribution in [-0.4, -0.2) is 18.8 Å². The van der Waals surface area contributed by atoms with Crippen LogP contribution >= 0.6 is 11.8 Å². The van der Waals surface area contributed by atoms with Crippen LogP contribution in [0.15, 0.2) is 41.8 Å². The van der Waals surface area contributed by atoms with Gasteiger partial charge in [-0.1, -0.05) is 24.3 Å². The number of rotatable bonds is 6. The maximum atomic E-state index is 3.77. The quantitative estimate of drug-likeness (QED) is 0.584. The van der Waals surface area contributed by atoms with Crippen LogP contribution < -0.4 is 5.32 Å². The highest BCUT2D eigenvalue weighted by molar-refractivity contribution is 7.99. The Morgan fingerprint density at radius 2 is 2.20 bits per heavy atom. The van der Waals surface area contributed by atoms with Gasteiger partial charge in [-0.15, -0.1) is 18.3 Å². The molecule has 0 radical (unpaired) electrons. The first kappa shape index (κ1) is 12.3. The maximum absolute atomic E-state index is 3.77. The fraction of sp³-hybridized carbons (Fsp3) is 0.385. The number of nitrogens with one attached hydrogen (secondary N) is 1. The summed E-state index contributed by atoms with van der Waals surface area (Å²) in [5.74, 6) is 1.09. The predicted octanol–water partition coefficient (Wildman–Crippen LogP) is 3.25.